The molecular weight excluding hydrogens is 352 g/mol. The molecule has 5 nitrogen and oxygen atoms in total. The van der Waals surface area contributed by atoms with Gasteiger partial charge in [0.15, 0.2) is 0 Å². The van der Waals surface area contributed by atoms with Gasteiger partial charge in [-0.15, -0.1) is 11.3 Å². The maximum absolute atomic E-state index is 12.2. The maximum Gasteiger partial charge on any atom is 0.230 e. The zero-order chi connectivity index (χ0) is 17.6. The zero-order valence-electron chi connectivity index (χ0n) is 14.2. The molecule has 1 N–H and O–H groups in total. The summed E-state index contributed by atoms with van der Waals surface area (Å²) in [7, 11) is 0. The van der Waals surface area contributed by atoms with Crippen molar-refractivity contribution in [3.63, 3.8) is 0 Å². The Kier molecular flexibility index (Phi) is 5.78. The average molecular weight is 373 g/mol. The second kappa shape index (κ2) is 8.22. The second-order valence-electron chi connectivity index (χ2n) is 5.46. The fourth-order valence-corrected chi connectivity index (χ4v) is 4.00. The molecule has 0 bridgehead atoms. The first-order valence-electron chi connectivity index (χ1n) is 8.17. The van der Waals surface area contributed by atoms with Crippen LogP contribution in [0.4, 0.5) is 11.5 Å². The highest BCUT2D eigenvalue weighted by Crippen LogP contribution is 2.26. The smallest absolute Gasteiger partial charge is 0.230 e. The number of carbonyl (C=O) groups is 1. The van der Waals surface area contributed by atoms with Crippen LogP contribution in [0.2, 0.25) is 0 Å². The molecule has 3 aromatic heterocycles. The molecule has 1 amide bonds. The zero-order valence-corrected chi connectivity index (χ0v) is 15.9. The first-order chi connectivity index (χ1) is 12.2. The summed E-state index contributed by atoms with van der Waals surface area (Å²) in [6, 6.07) is 5.85. The Morgan fingerprint density at radius 1 is 1.20 bits per heavy atom. The van der Waals surface area contributed by atoms with E-state index in [4.69, 9.17) is 0 Å². The molecule has 0 aromatic carbocycles. The van der Waals surface area contributed by atoms with Gasteiger partial charge in [-0.2, -0.15) is 11.3 Å². The predicted octanol–water partition coefficient (Wildman–Crippen LogP) is 4.29. The number of hydrogen-bond donors (Lipinski definition) is 1. The number of thiazole rings is 1. The summed E-state index contributed by atoms with van der Waals surface area (Å²) in [4.78, 5) is 23.3. The van der Waals surface area contributed by atoms with E-state index in [2.05, 4.69) is 39.4 Å². The van der Waals surface area contributed by atoms with Gasteiger partial charge in [-0.3, -0.25) is 4.79 Å². The molecule has 0 aliphatic rings. The molecule has 7 heteroatoms. The fourth-order valence-electron chi connectivity index (χ4n) is 2.47. The highest BCUT2D eigenvalue weighted by Gasteiger charge is 2.10. The molecule has 0 unspecified atom stereocenters. The third-order valence-electron chi connectivity index (χ3n) is 3.78. The number of nitrogens with one attached hydrogen (secondary N) is 1. The van der Waals surface area contributed by atoms with Crippen LogP contribution >= 0.6 is 22.7 Å². The minimum absolute atomic E-state index is 0.0837. The van der Waals surface area contributed by atoms with Crippen LogP contribution in [0.3, 0.4) is 0 Å². The first kappa shape index (κ1) is 17.6. The van der Waals surface area contributed by atoms with Crippen molar-refractivity contribution in [1.29, 1.82) is 0 Å². The van der Waals surface area contributed by atoms with E-state index in [0.29, 0.717) is 5.69 Å². The number of carbonyl (C=O) groups excluding carboxylic acids is 1. The molecule has 0 aliphatic heterocycles. The van der Waals surface area contributed by atoms with E-state index in [9.17, 15) is 4.79 Å². The maximum atomic E-state index is 12.2. The van der Waals surface area contributed by atoms with E-state index in [1.807, 2.05) is 29.0 Å². The van der Waals surface area contributed by atoms with Crippen LogP contribution in [0.5, 0.6) is 0 Å². The molecule has 0 saturated heterocycles. The SMILES string of the molecule is CCN(CC)c1ccc(NC(=O)Cc2csc(-c3ccsc3)n2)cn1. The molecule has 3 aromatic rings. The Labute approximate surface area is 155 Å². The van der Waals surface area contributed by atoms with Crippen molar-refractivity contribution < 1.29 is 4.79 Å². The van der Waals surface area contributed by atoms with Gasteiger partial charge in [0.1, 0.15) is 10.8 Å². The summed E-state index contributed by atoms with van der Waals surface area (Å²) in [5.74, 6) is 0.836. The minimum atomic E-state index is -0.0837. The number of rotatable bonds is 7. The van der Waals surface area contributed by atoms with Gasteiger partial charge in [0.2, 0.25) is 5.91 Å². The molecule has 0 saturated carbocycles. The molecule has 0 aliphatic carbocycles. The summed E-state index contributed by atoms with van der Waals surface area (Å²) in [6.45, 7) is 6.01. The van der Waals surface area contributed by atoms with Crippen molar-refractivity contribution in [1.82, 2.24) is 9.97 Å². The summed E-state index contributed by atoms with van der Waals surface area (Å²) in [5.41, 5.74) is 2.60. The molecule has 3 rings (SSSR count). The Morgan fingerprint density at radius 2 is 2.04 bits per heavy atom. The lowest BCUT2D eigenvalue weighted by Gasteiger charge is -2.19. The molecule has 0 atom stereocenters. The van der Waals surface area contributed by atoms with Gasteiger partial charge in [-0.25, -0.2) is 9.97 Å². The first-order valence-corrected chi connectivity index (χ1v) is 9.99. The molecule has 0 radical (unpaired) electrons. The van der Waals surface area contributed by atoms with Crippen molar-refractivity contribution in [2.45, 2.75) is 20.3 Å². The molecule has 0 fully saturated rings. The van der Waals surface area contributed by atoms with Gasteiger partial charge in [0, 0.05) is 29.4 Å². The van der Waals surface area contributed by atoms with Crippen LogP contribution in [0.25, 0.3) is 10.6 Å². The van der Waals surface area contributed by atoms with Crippen LogP contribution in [0.1, 0.15) is 19.5 Å². The number of hydrogen-bond acceptors (Lipinski definition) is 6. The van der Waals surface area contributed by atoms with Gasteiger partial charge in [0.25, 0.3) is 0 Å². The van der Waals surface area contributed by atoms with Crippen LogP contribution in [0, 0.1) is 0 Å². The molecule has 130 valence electrons. The lowest BCUT2D eigenvalue weighted by molar-refractivity contribution is -0.115. The summed E-state index contributed by atoms with van der Waals surface area (Å²) in [6.07, 6.45) is 1.96. The number of aromatic nitrogens is 2. The van der Waals surface area contributed by atoms with E-state index >= 15 is 0 Å². The third-order valence-corrected chi connectivity index (χ3v) is 5.40. The average Bonchev–Trinajstić information content (AvgIpc) is 3.29. The lowest BCUT2D eigenvalue weighted by Crippen LogP contribution is -2.23. The van der Waals surface area contributed by atoms with Crippen molar-refractivity contribution >= 4 is 40.1 Å². The predicted molar refractivity (Wildman–Crippen MR) is 106 cm³/mol. The Morgan fingerprint density at radius 3 is 2.68 bits per heavy atom. The Hall–Kier alpha value is -2.25. The van der Waals surface area contributed by atoms with Crippen LogP contribution in [0.15, 0.2) is 40.5 Å². The monoisotopic (exact) mass is 372 g/mol. The third kappa shape index (κ3) is 4.43. The van der Waals surface area contributed by atoms with Crippen molar-refractivity contribution in [3.05, 3.63) is 46.2 Å². The van der Waals surface area contributed by atoms with Gasteiger partial charge in [0.05, 0.1) is 24.0 Å². The number of nitrogens with zero attached hydrogens (tertiary/aromatic N) is 3. The van der Waals surface area contributed by atoms with Crippen LogP contribution in [-0.2, 0) is 11.2 Å². The second-order valence-corrected chi connectivity index (χ2v) is 7.10. The Bertz CT molecular complexity index is 808. The van der Waals surface area contributed by atoms with Crippen LogP contribution in [-0.4, -0.2) is 29.0 Å². The van der Waals surface area contributed by atoms with E-state index in [-0.39, 0.29) is 12.3 Å². The standard InChI is InChI=1S/C18H20N4OS2/c1-3-22(4-2)16-6-5-14(10-19-16)20-17(23)9-15-12-25-18(21-15)13-7-8-24-11-13/h5-8,10-12H,3-4,9H2,1-2H3,(H,20,23). The van der Waals surface area contributed by atoms with Gasteiger partial charge < -0.3 is 10.2 Å². The number of thiophene rings is 1. The van der Waals surface area contributed by atoms with Gasteiger partial charge in [-0.05, 0) is 37.4 Å². The minimum Gasteiger partial charge on any atom is -0.357 e. The highest BCUT2D eigenvalue weighted by molar-refractivity contribution is 7.14. The number of amides is 1. The normalized spacial score (nSPS) is 10.6. The molecular formula is C18H20N4OS2. The van der Waals surface area contributed by atoms with E-state index in [1.165, 1.54) is 0 Å². The summed E-state index contributed by atoms with van der Waals surface area (Å²) >= 11 is 3.21. The molecule has 25 heavy (non-hydrogen) atoms. The quantitative estimate of drug-likeness (QED) is 0.672. The summed E-state index contributed by atoms with van der Waals surface area (Å²) < 4.78 is 0. The van der Waals surface area contributed by atoms with E-state index in [0.717, 1.165) is 35.2 Å². The largest absolute Gasteiger partial charge is 0.357 e. The van der Waals surface area contributed by atoms with Crippen molar-refractivity contribution in [3.8, 4) is 10.6 Å². The highest BCUT2D eigenvalue weighted by atomic mass is 32.1. The number of anilines is 2. The lowest BCUT2D eigenvalue weighted by atomic mass is 10.3. The van der Waals surface area contributed by atoms with Gasteiger partial charge >= 0.3 is 0 Å². The topological polar surface area (TPSA) is 58.1 Å². The van der Waals surface area contributed by atoms with E-state index < -0.39 is 0 Å². The van der Waals surface area contributed by atoms with Crippen molar-refractivity contribution in [2.75, 3.05) is 23.3 Å². The van der Waals surface area contributed by atoms with Gasteiger partial charge in [-0.1, -0.05) is 0 Å². The Balaban J connectivity index is 1.59. The molecule has 3 heterocycles. The molecule has 0 spiro atoms. The number of pyridine rings is 1. The van der Waals surface area contributed by atoms with Crippen LogP contribution < -0.4 is 10.2 Å². The fraction of sp³-hybridized carbons (Fsp3) is 0.278. The van der Waals surface area contributed by atoms with E-state index in [1.54, 1.807) is 28.9 Å². The van der Waals surface area contributed by atoms with Crippen molar-refractivity contribution in [2.24, 2.45) is 0 Å². The summed E-state index contributed by atoms with van der Waals surface area (Å²) in [5, 5.41) is 9.86.